The molecule has 0 aliphatic carbocycles. The Labute approximate surface area is 170 Å². The van der Waals surface area contributed by atoms with Crippen LogP contribution in [0.15, 0.2) is 95.9 Å². The van der Waals surface area contributed by atoms with Gasteiger partial charge in [-0.25, -0.2) is 9.97 Å². The molecule has 0 amide bonds. The van der Waals surface area contributed by atoms with Crippen molar-refractivity contribution in [3.05, 3.63) is 96.6 Å². The summed E-state index contributed by atoms with van der Waals surface area (Å²) in [5.74, 6) is 0.615. The minimum absolute atomic E-state index is 0.615. The van der Waals surface area contributed by atoms with Crippen LogP contribution in [0.5, 0.6) is 0 Å². The van der Waals surface area contributed by atoms with Crippen molar-refractivity contribution in [2.75, 3.05) is 4.72 Å². The molecule has 0 aliphatic rings. The van der Waals surface area contributed by atoms with Gasteiger partial charge in [0.25, 0.3) is 0 Å². The summed E-state index contributed by atoms with van der Waals surface area (Å²) in [4.78, 5) is 10.9. The summed E-state index contributed by atoms with van der Waals surface area (Å²) in [6, 6.07) is 30.8. The van der Waals surface area contributed by atoms with E-state index in [0.29, 0.717) is 5.95 Å². The maximum absolute atomic E-state index is 4.87. The van der Waals surface area contributed by atoms with Crippen LogP contribution in [0.4, 0.5) is 5.95 Å². The van der Waals surface area contributed by atoms with E-state index >= 15 is 0 Å². The fraction of sp³-hybridized carbons (Fsp3) is 0.0833. The average molecular weight is 384 g/mol. The molecule has 0 saturated heterocycles. The van der Waals surface area contributed by atoms with Crippen molar-refractivity contribution in [1.82, 2.24) is 9.97 Å². The summed E-state index contributed by atoms with van der Waals surface area (Å²) < 4.78 is 3.33. The van der Waals surface area contributed by atoms with E-state index in [1.54, 1.807) is 0 Å². The standard InChI is InChI=1S/C24H21N3S/c1-2-21-22(18-12-6-3-7-13-18)25-24(27-28-20-16-10-5-11-17-20)26-23(21)19-14-8-4-9-15-19/h3-17H,2H2,1H3,(H,25,26,27). The SMILES string of the molecule is CCc1c(-c2ccccc2)nc(NSc2ccccc2)nc1-c1ccccc1. The number of hydrogen-bond donors (Lipinski definition) is 1. The summed E-state index contributed by atoms with van der Waals surface area (Å²) in [7, 11) is 0. The Hall–Kier alpha value is -3.11. The summed E-state index contributed by atoms with van der Waals surface area (Å²) in [6.45, 7) is 2.16. The fourth-order valence-electron chi connectivity index (χ4n) is 3.13. The van der Waals surface area contributed by atoms with Crippen LogP contribution in [-0.2, 0) is 6.42 Å². The number of anilines is 1. The van der Waals surface area contributed by atoms with Gasteiger partial charge < -0.3 is 0 Å². The van der Waals surface area contributed by atoms with Gasteiger partial charge in [0.1, 0.15) is 0 Å². The lowest BCUT2D eigenvalue weighted by Crippen LogP contribution is -2.04. The quantitative estimate of drug-likeness (QED) is 0.386. The van der Waals surface area contributed by atoms with Crippen LogP contribution in [0.1, 0.15) is 12.5 Å². The highest BCUT2D eigenvalue weighted by Gasteiger charge is 2.16. The van der Waals surface area contributed by atoms with Crippen molar-refractivity contribution in [3.8, 4) is 22.5 Å². The lowest BCUT2D eigenvalue weighted by atomic mass is 9.98. The van der Waals surface area contributed by atoms with Gasteiger partial charge in [0, 0.05) is 21.6 Å². The van der Waals surface area contributed by atoms with E-state index in [9.17, 15) is 0 Å². The minimum Gasteiger partial charge on any atom is -0.294 e. The van der Waals surface area contributed by atoms with E-state index < -0.39 is 0 Å². The number of rotatable bonds is 6. The van der Waals surface area contributed by atoms with Gasteiger partial charge in [-0.3, -0.25) is 4.72 Å². The van der Waals surface area contributed by atoms with E-state index in [-0.39, 0.29) is 0 Å². The van der Waals surface area contributed by atoms with Crippen molar-refractivity contribution in [2.24, 2.45) is 0 Å². The Kier molecular flexibility index (Phi) is 5.69. The molecule has 1 heterocycles. The van der Waals surface area contributed by atoms with Gasteiger partial charge in [-0.2, -0.15) is 0 Å². The molecule has 0 unspecified atom stereocenters. The number of nitrogens with one attached hydrogen (secondary N) is 1. The molecule has 0 saturated carbocycles. The first-order valence-corrected chi connectivity index (χ1v) is 10.2. The highest BCUT2D eigenvalue weighted by molar-refractivity contribution is 8.00. The molecule has 28 heavy (non-hydrogen) atoms. The van der Waals surface area contributed by atoms with Gasteiger partial charge in [0.15, 0.2) is 0 Å². The van der Waals surface area contributed by atoms with Crippen molar-refractivity contribution in [2.45, 2.75) is 18.2 Å². The maximum Gasteiger partial charge on any atom is 0.234 e. The molecule has 0 radical (unpaired) electrons. The number of benzene rings is 3. The molecule has 3 nitrogen and oxygen atoms in total. The number of hydrogen-bond acceptors (Lipinski definition) is 4. The zero-order valence-electron chi connectivity index (χ0n) is 15.7. The lowest BCUT2D eigenvalue weighted by molar-refractivity contribution is 1.07. The van der Waals surface area contributed by atoms with Crippen LogP contribution in [0.3, 0.4) is 0 Å². The molecule has 4 heteroatoms. The average Bonchev–Trinajstić information content (AvgIpc) is 2.79. The predicted molar refractivity (Wildman–Crippen MR) is 118 cm³/mol. The van der Waals surface area contributed by atoms with Crippen LogP contribution in [0, 0.1) is 0 Å². The monoisotopic (exact) mass is 383 g/mol. The molecule has 0 aliphatic heterocycles. The van der Waals surface area contributed by atoms with Gasteiger partial charge in [0.2, 0.25) is 5.95 Å². The first-order valence-electron chi connectivity index (χ1n) is 9.35. The van der Waals surface area contributed by atoms with Crippen molar-refractivity contribution < 1.29 is 0 Å². The van der Waals surface area contributed by atoms with Crippen LogP contribution in [0.2, 0.25) is 0 Å². The predicted octanol–water partition coefficient (Wildman–Crippen LogP) is 6.49. The van der Waals surface area contributed by atoms with Gasteiger partial charge in [-0.1, -0.05) is 85.8 Å². The third kappa shape index (κ3) is 4.07. The Morgan fingerprint density at radius 1 is 0.679 bits per heavy atom. The van der Waals surface area contributed by atoms with E-state index in [4.69, 9.17) is 9.97 Å². The highest BCUT2D eigenvalue weighted by atomic mass is 32.2. The maximum atomic E-state index is 4.87. The molecule has 0 atom stereocenters. The Balaban J connectivity index is 1.80. The summed E-state index contributed by atoms with van der Waals surface area (Å²) in [5, 5.41) is 0. The van der Waals surface area contributed by atoms with Crippen LogP contribution >= 0.6 is 11.9 Å². The van der Waals surface area contributed by atoms with Crippen LogP contribution in [0.25, 0.3) is 22.5 Å². The van der Waals surface area contributed by atoms with E-state index in [0.717, 1.165) is 39.4 Å². The smallest absolute Gasteiger partial charge is 0.234 e. The second-order valence-electron chi connectivity index (χ2n) is 6.33. The van der Waals surface area contributed by atoms with Gasteiger partial charge in [0.05, 0.1) is 11.4 Å². The Morgan fingerprint density at radius 3 is 1.61 bits per heavy atom. The largest absolute Gasteiger partial charge is 0.294 e. The van der Waals surface area contributed by atoms with E-state index in [1.807, 2.05) is 54.6 Å². The zero-order valence-corrected chi connectivity index (χ0v) is 16.5. The Bertz CT molecular complexity index is 975. The molecule has 0 fully saturated rings. The first kappa shape index (κ1) is 18.3. The zero-order chi connectivity index (χ0) is 19.2. The van der Waals surface area contributed by atoms with Crippen molar-refractivity contribution in [1.29, 1.82) is 0 Å². The summed E-state index contributed by atoms with van der Waals surface area (Å²) >= 11 is 1.52. The van der Waals surface area contributed by atoms with Gasteiger partial charge in [-0.15, -0.1) is 0 Å². The first-order chi connectivity index (χ1) is 13.8. The van der Waals surface area contributed by atoms with E-state index in [2.05, 4.69) is 48.0 Å². The van der Waals surface area contributed by atoms with Crippen molar-refractivity contribution >= 4 is 17.9 Å². The summed E-state index contributed by atoms with van der Waals surface area (Å²) in [6.07, 6.45) is 0.862. The highest BCUT2D eigenvalue weighted by Crippen LogP contribution is 2.32. The van der Waals surface area contributed by atoms with Crippen LogP contribution < -0.4 is 4.72 Å². The van der Waals surface area contributed by atoms with Crippen LogP contribution in [-0.4, -0.2) is 9.97 Å². The summed E-state index contributed by atoms with van der Waals surface area (Å²) in [5.41, 5.74) is 5.33. The normalized spacial score (nSPS) is 10.6. The molecule has 1 aromatic heterocycles. The third-order valence-electron chi connectivity index (χ3n) is 4.46. The fourth-order valence-corrected chi connectivity index (χ4v) is 3.72. The molecule has 0 bridgehead atoms. The second-order valence-corrected chi connectivity index (χ2v) is 7.21. The molecule has 0 spiro atoms. The third-order valence-corrected chi connectivity index (χ3v) is 5.25. The topological polar surface area (TPSA) is 37.8 Å². The minimum atomic E-state index is 0.615. The van der Waals surface area contributed by atoms with Gasteiger partial charge in [-0.05, 0) is 30.5 Å². The molecular formula is C24H21N3S. The molecular weight excluding hydrogens is 362 g/mol. The van der Waals surface area contributed by atoms with Gasteiger partial charge >= 0.3 is 0 Å². The van der Waals surface area contributed by atoms with Crippen molar-refractivity contribution in [3.63, 3.8) is 0 Å². The molecule has 4 aromatic rings. The molecule has 1 N–H and O–H groups in total. The molecule has 3 aromatic carbocycles. The van der Waals surface area contributed by atoms with E-state index in [1.165, 1.54) is 11.9 Å². The molecule has 4 rings (SSSR count). The second kappa shape index (κ2) is 8.72. The number of aromatic nitrogens is 2. The Morgan fingerprint density at radius 2 is 1.14 bits per heavy atom. The molecule has 138 valence electrons. The number of nitrogens with zero attached hydrogens (tertiary/aromatic N) is 2. The lowest BCUT2D eigenvalue weighted by Gasteiger charge is -2.15.